The third kappa shape index (κ3) is 3.56. The first-order valence-corrected chi connectivity index (χ1v) is 9.64. The van der Waals surface area contributed by atoms with E-state index in [1.807, 2.05) is 32.9 Å². The van der Waals surface area contributed by atoms with E-state index in [1.54, 1.807) is 6.92 Å². The third-order valence-corrected chi connectivity index (χ3v) is 4.69. The Morgan fingerprint density at radius 3 is 2.68 bits per heavy atom. The zero-order valence-corrected chi connectivity index (χ0v) is 16.8. The van der Waals surface area contributed by atoms with E-state index in [4.69, 9.17) is 13.9 Å². The molecule has 1 aromatic heterocycles. The second-order valence-corrected chi connectivity index (χ2v) is 7.38. The van der Waals surface area contributed by atoms with Crippen molar-refractivity contribution in [1.82, 2.24) is 0 Å². The number of aryl methyl sites for hydroxylation is 1. The molecule has 0 saturated carbocycles. The van der Waals surface area contributed by atoms with Crippen molar-refractivity contribution in [3.63, 3.8) is 0 Å². The maximum absolute atomic E-state index is 12.8. The Morgan fingerprint density at radius 1 is 1.29 bits per heavy atom. The van der Waals surface area contributed by atoms with E-state index < -0.39 is 11.2 Å². The van der Waals surface area contributed by atoms with Crippen molar-refractivity contribution in [2.75, 3.05) is 13.2 Å². The van der Waals surface area contributed by atoms with E-state index in [1.165, 1.54) is 6.07 Å². The summed E-state index contributed by atoms with van der Waals surface area (Å²) in [4.78, 5) is 25.1. The summed E-state index contributed by atoms with van der Waals surface area (Å²) in [5.74, 6) is 0.623. The number of hydrogen-bond acceptors (Lipinski definition) is 6. The Hall–Kier alpha value is -2.60. The van der Waals surface area contributed by atoms with Crippen molar-refractivity contribution in [1.29, 1.82) is 0 Å². The Bertz CT molecular complexity index is 996. The second kappa shape index (κ2) is 7.80. The van der Waals surface area contributed by atoms with E-state index in [0.717, 1.165) is 12.0 Å². The molecule has 1 aliphatic heterocycles. The van der Waals surface area contributed by atoms with Gasteiger partial charge in [-0.05, 0) is 38.0 Å². The summed E-state index contributed by atoms with van der Waals surface area (Å²) in [6, 6.07) is 1.47. The summed E-state index contributed by atoms with van der Waals surface area (Å²) in [7, 11) is 0. The van der Waals surface area contributed by atoms with Crippen LogP contribution in [0, 0.1) is 0 Å². The fourth-order valence-electron chi connectivity index (χ4n) is 3.47. The zero-order valence-electron chi connectivity index (χ0n) is 16.8. The first-order valence-electron chi connectivity index (χ1n) is 9.64. The Balaban J connectivity index is 2.50. The van der Waals surface area contributed by atoms with Crippen molar-refractivity contribution in [2.24, 2.45) is 0 Å². The summed E-state index contributed by atoms with van der Waals surface area (Å²) in [5.41, 5.74) is 0.760. The van der Waals surface area contributed by atoms with E-state index in [9.17, 15) is 14.7 Å². The fraction of sp³-hybridized carbons (Fsp3) is 0.455. The van der Waals surface area contributed by atoms with Gasteiger partial charge in [0, 0.05) is 12.5 Å². The molecule has 3 rings (SSSR count). The molecule has 28 heavy (non-hydrogen) atoms. The van der Waals surface area contributed by atoms with Gasteiger partial charge in [-0.3, -0.25) is 4.79 Å². The third-order valence-electron chi connectivity index (χ3n) is 4.69. The number of ketones is 1. The van der Waals surface area contributed by atoms with Crippen molar-refractivity contribution in [2.45, 2.75) is 52.6 Å². The van der Waals surface area contributed by atoms with Crippen LogP contribution in [0.5, 0.6) is 11.5 Å². The lowest BCUT2D eigenvalue weighted by Gasteiger charge is -2.31. The summed E-state index contributed by atoms with van der Waals surface area (Å²) < 4.78 is 17.5. The van der Waals surface area contributed by atoms with Crippen LogP contribution in [-0.4, -0.2) is 29.7 Å². The van der Waals surface area contributed by atoms with Gasteiger partial charge in [0.05, 0.1) is 17.6 Å². The Morgan fingerprint density at radius 2 is 2.04 bits per heavy atom. The van der Waals surface area contributed by atoms with Gasteiger partial charge in [0.15, 0.2) is 11.4 Å². The minimum Gasteiger partial charge on any atom is -0.490 e. The maximum Gasteiger partial charge on any atom is 0.336 e. The molecule has 2 heterocycles. The van der Waals surface area contributed by atoms with Crippen molar-refractivity contribution in [3.05, 3.63) is 39.3 Å². The predicted molar refractivity (Wildman–Crippen MR) is 107 cm³/mol. The van der Waals surface area contributed by atoms with Crippen LogP contribution in [0.15, 0.2) is 21.4 Å². The van der Waals surface area contributed by atoms with Gasteiger partial charge in [0.1, 0.15) is 29.3 Å². The van der Waals surface area contributed by atoms with Crippen LogP contribution in [0.2, 0.25) is 0 Å². The average molecular weight is 386 g/mol. The van der Waals surface area contributed by atoms with Gasteiger partial charge in [0.25, 0.3) is 0 Å². The monoisotopic (exact) mass is 386 g/mol. The van der Waals surface area contributed by atoms with Gasteiger partial charge in [-0.1, -0.05) is 20.3 Å². The first-order chi connectivity index (χ1) is 13.3. The Kier molecular flexibility index (Phi) is 5.61. The number of fused-ring (bicyclic) bond motifs is 3. The van der Waals surface area contributed by atoms with Crippen LogP contribution in [0.4, 0.5) is 0 Å². The minimum atomic E-state index is -0.565. The number of aliphatic hydroxyl groups is 1. The van der Waals surface area contributed by atoms with Crippen LogP contribution in [0.3, 0.4) is 0 Å². The minimum absolute atomic E-state index is 0.0120. The SMILES string of the molecule is CCCc1cc(=O)oc2c(C(=O)CC)c(OCCO)c3c(c12)OC(C)(C)C=C3. The fourth-order valence-corrected chi connectivity index (χ4v) is 3.47. The number of rotatable bonds is 7. The highest BCUT2D eigenvalue weighted by molar-refractivity contribution is 6.12. The van der Waals surface area contributed by atoms with Crippen LogP contribution < -0.4 is 15.1 Å². The lowest BCUT2D eigenvalue weighted by Crippen LogP contribution is -2.28. The van der Waals surface area contributed by atoms with E-state index in [0.29, 0.717) is 23.1 Å². The van der Waals surface area contributed by atoms with Crippen LogP contribution >= 0.6 is 0 Å². The van der Waals surface area contributed by atoms with Crippen molar-refractivity contribution in [3.8, 4) is 11.5 Å². The number of carbonyl (C=O) groups excluding carboxylic acids is 1. The molecular formula is C22H26O6. The Labute approximate surface area is 163 Å². The van der Waals surface area contributed by atoms with Crippen LogP contribution in [0.1, 0.15) is 62.0 Å². The molecule has 150 valence electrons. The van der Waals surface area contributed by atoms with Gasteiger partial charge in [-0.25, -0.2) is 4.79 Å². The molecule has 0 aliphatic carbocycles. The second-order valence-electron chi connectivity index (χ2n) is 7.38. The highest BCUT2D eigenvalue weighted by Gasteiger charge is 2.32. The molecule has 6 nitrogen and oxygen atoms in total. The smallest absolute Gasteiger partial charge is 0.336 e. The highest BCUT2D eigenvalue weighted by Crippen LogP contribution is 2.47. The number of carbonyl (C=O) groups is 1. The number of hydrogen-bond donors (Lipinski definition) is 1. The number of aliphatic hydroxyl groups excluding tert-OH is 1. The number of benzene rings is 1. The standard InChI is InChI=1S/C22H26O6/c1-5-7-13-12-16(25)27-21-17(13)20-14(8-9-22(3,4)28-20)19(26-11-10-23)18(21)15(24)6-2/h8-9,12,23H,5-7,10-11H2,1-4H3. The topological polar surface area (TPSA) is 86.0 Å². The molecule has 0 unspecified atom stereocenters. The largest absolute Gasteiger partial charge is 0.490 e. The molecule has 1 aromatic carbocycles. The quantitative estimate of drug-likeness (QED) is 0.574. The van der Waals surface area contributed by atoms with Gasteiger partial charge in [0.2, 0.25) is 0 Å². The van der Waals surface area contributed by atoms with Crippen LogP contribution in [0.25, 0.3) is 17.0 Å². The summed E-state index contributed by atoms with van der Waals surface area (Å²) in [6.07, 6.45) is 5.47. The molecule has 2 aromatic rings. The van der Waals surface area contributed by atoms with E-state index >= 15 is 0 Å². The molecule has 0 amide bonds. The average Bonchev–Trinajstić information content (AvgIpc) is 2.64. The maximum atomic E-state index is 12.8. The molecule has 0 atom stereocenters. The predicted octanol–water partition coefficient (Wildman–Crippen LogP) is 3.89. The first kappa shape index (κ1) is 20.1. The van der Waals surface area contributed by atoms with Gasteiger partial charge in [-0.15, -0.1) is 0 Å². The molecular weight excluding hydrogens is 360 g/mol. The molecule has 0 bridgehead atoms. The van der Waals surface area contributed by atoms with E-state index in [2.05, 4.69) is 0 Å². The van der Waals surface area contributed by atoms with Crippen molar-refractivity contribution < 1.29 is 23.8 Å². The van der Waals surface area contributed by atoms with Crippen LogP contribution in [-0.2, 0) is 6.42 Å². The van der Waals surface area contributed by atoms with E-state index in [-0.39, 0.29) is 42.3 Å². The van der Waals surface area contributed by atoms with Crippen molar-refractivity contribution >= 4 is 22.8 Å². The molecule has 0 fully saturated rings. The van der Waals surface area contributed by atoms with Gasteiger partial charge in [-0.2, -0.15) is 0 Å². The highest BCUT2D eigenvalue weighted by atomic mass is 16.5. The summed E-state index contributed by atoms with van der Waals surface area (Å²) >= 11 is 0. The lowest BCUT2D eigenvalue weighted by molar-refractivity contribution is 0.0982. The molecule has 1 N–H and O–H groups in total. The number of Topliss-reactive ketones (excluding diaryl/α,β-unsaturated/α-hetero) is 1. The summed E-state index contributed by atoms with van der Waals surface area (Å²) in [5, 5.41) is 9.88. The molecule has 6 heteroatoms. The molecule has 0 spiro atoms. The summed E-state index contributed by atoms with van der Waals surface area (Å²) in [6.45, 7) is 7.42. The zero-order chi connectivity index (χ0) is 20.5. The molecule has 0 saturated heterocycles. The normalized spacial score (nSPS) is 14.6. The van der Waals surface area contributed by atoms with Gasteiger partial charge < -0.3 is 19.0 Å². The molecule has 1 aliphatic rings. The lowest BCUT2D eigenvalue weighted by atomic mass is 9.92. The number of ether oxygens (including phenoxy) is 2. The van der Waals surface area contributed by atoms with Gasteiger partial charge >= 0.3 is 5.63 Å². The molecule has 0 radical (unpaired) electrons.